The van der Waals surface area contributed by atoms with E-state index < -0.39 is 0 Å². The summed E-state index contributed by atoms with van der Waals surface area (Å²) >= 11 is 0. The molecule has 0 aliphatic rings. The molecular weight excluding hydrogens is 326 g/mol. The molecule has 4 aromatic rings. The standard InChI is InChI=1S/C20H17N5O/c1-25-13-17(11-23-25)16-8-15-9-19(22-12-18(15)21-10-16)24-20(26)7-14-5-3-2-4-6-14/h2-6,8-13H,7H2,1H3,(H,22,24,26). The van der Waals surface area contributed by atoms with Gasteiger partial charge in [-0.05, 0) is 17.7 Å². The van der Waals surface area contributed by atoms with Gasteiger partial charge in [0.25, 0.3) is 0 Å². The van der Waals surface area contributed by atoms with Gasteiger partial charge in [0, 0.05) is 36.0 Å². The van der Waals surface area contributed by atoms with Crippen LogP contribution in [0.25, 0.3) is 22.0 Å². The first-order chi connectivity index (χ1) is 12.7. The minimum Gasteiger partial charge on any atom is -0.310 e. The average Bonchev–Trinajstić information content (AvgIpc) is 3.08. The van der Waals surface area contributed by atoms with Crippen LogP contribution < -0.4 is 5.32 Å². The molecule has 6 heteroatoms. The molecule has 0 saturated carbocycles. The van der Waals surface area contributed by atoms with Crippen molar-refractivity contribution in [2.45, 2.75) is 6.42 Å². The van der Waals surface area contributed by atoms with Crippen LogP contribution in [0, 0.1) is 0 Å². The fraction of sp³-hybridized carbons (Fsp3) is 0.100. The number of aromatic nitrogens is 4. The van der Waals surface area contributed by atoms with E-state index in [0.29, 0.717) is 12.2 Å². The molecule has 6 nitrogen and oxygen atoms in total. The Balaban J connectivity index is 1.57. The number of aryl methyl sites for hydroxylation is 1. The number of pyridine rings is 2. The molecule has 128 valence electrons. The lowest BCUT2D eigenvalue weighted by molar-refractivity contribution is -0.115. The topological polar surface area (TPSA) is 72.7 Å². The van der Waals surface area contributed by atoms with E-state index in [1.54, 1.807) is 23.3 Å². The first kappa shape index (κ1) is 16.0. The molecule has 3 heterocycles. The van der Waals surface area contributed by atoms with Gasteiger partial charge in [-0.1, -0.05) is 30.3 Å². The molecule has 26 heavy (non-hydrogen) atoms. The highest BCUT2D eigenvalue weighted by Gasteiger charge is 2.08. The highest BCUT2D eigenvalue weighted by atomic mass is 16.1. The molecule has 0 aliphatic carbocycles. The Hall–Kier alpha value is -3.54. The van der Waals surface area contributed by atoms with Crippen LogP contribution in [0.4, 0.5) is 5.82 Å². The van der Waals surface area contributed by atoms with Gasteiger partial charge in [-0.15, -0.1) is 0 Å². The predicted octanol–water partition coefficient (Wildman–Crippen LogP) is 3.21. The third-order valence-corrected chi connectivity index (χ3v) is 4.08. The number of hydrogen-bond acceptors (Lipinski definition) is 4. The Morgan fingerprint density at radius 1 is 1.04 bits per heavy atom. The molecular formula is C20H17N5O. The summed E-state index contributed by atoms with van der Waals surface area (Å²) in [6, 6.07) is 13.5. The monoisotopic (exact) mass is 343 g/mol. The van der Waals surface area contributed by atoms with Gasteiger partial charge < -0.3 is 5.32 Å². The first-order valence-corrected chi connectivity index (χ1v) is 8.26. The van der Waals surface area contributed by atoms with Gasteiger partial charge in [0.15, 0.2) is 0 Å². The van der Waals surface area contributed by atoms with E-state index in [2.05, 4.69) is 20.4 Å². The van der Waals surface area contributed by atoms with Crippen molar-refractivity contribution in [3.63, 3.8) is 0 Å². The highest BCUT2D eigenvalue weighted by molar-refractivity contribution is 5.93. The fourth-order valence-electron chi connectivity index (χ4n) is 2.80. The van der Waals surface area contributed by atoms with E-state index in [-0.39, 0.29) is 5.91 Å². The second-order valence-electron chi connectivity index (χ2n) is 6.10. The summed E-state index contributed by atoms with van der Waals surface area (Å²) in [5.74, 6) is 0.419. The third kappa shape index (κ3) is 3.44. The second kappa shape index (κ2) is 6.76. The maximum absolute atomic E-state index is 12.2. The molecule has 1 N–H and O–H groups in total. The lowest BCUT2D eigenvalue weighted by Gasteiger charge is -2.06. The van der Waals surface area contributed by atoms with Crippen molar-refractivity contribution in [2.75, 3.05) is 5.32 Å². The molecule has 0 bridgehead atoms. The third-order valence-electron chi connectivity index (χ3n) is 4.08. The van der Waals surface area contributed by atoms with Crippen LogP contribution in [-0.2, 0) is 18.3 Å². The van der Waals surface area contributed by atoms with E-state index in [1.165, 1.54) is 0 Å². The zero-order valence-electron chi connectivity index (χ0n) is 14.3. The Bertz CT molecular complexity index is 1070. The molecule has 0 radical (unpaired) electrons. The van der Waals surface area contributed by atoms with Crippen LogP contribution in [0.2, 0.25) is 0 Å². The quantitative estimate of drug-likeness (QED) is 0.617. The Labute approximate surface area is 150 Å². The van der Waals surface area contributed by atoms with Crippen molar-refractivity contribution < 1.29 is 4.79 Å². The van der Waals surface area contributed by atoms with Crippen LogP contribution in [0.1, 0.15) is 5.56 Å². The maximum Gasteiger partial charge on any atom is 0.229 e. The number of anilines is 1. The van der Waals surface area contributed by atoms with Gasteiger partial charge in [-0.25, -0.2) is 4.98 Å². The molecule has 0 saturated heterocycles. The van der Waals surface area contributed by atoms with Gasteiger partial charge in [-0.3, -0.25) is 14.5 Å². The number of rotatable bonds is 4. The van der Waals surface area contributed by atoms with E-state index in [1.807, 2.05) is 55.7 Å². The second-order valence-corrected chi connectivity index (χ2v) is 6.10. The van der Waals surface area contributed by atoms with Crippen LogP contribution in [-0.4, -0.2) is 25.7 Å². The summed E-state index contributed by atoms with van der Waals surface area (Å²) < 4.78 is 1.75. The van der Waals surface area contributed by atoms with Crippen molar-refractivity contribution in [3.05, 3.63) is 72.8 Å². The lowest BCUT2D eigenvalue weighted by Crippen LogP contribution is -2.15. The van der Waals surface area contributed by atoms with Gasteiger partial charge in [0.2, 0.25) is 5.91 Å². The number of nitrogens with one attached hydrogen (secondary N) is 1. The molecule has 0 unspecified atom stereocenters. The largest absolute Gasteiger partial charge is 0.310 e. The predicted molar refractivity (Wildman–Crippen MR) is 101 cm³/mol. The highest BCUT2D eigenvalue weighted by Crippen LogP contribution is 2.23. The lowest BCUT2D eigenvalue weighted by atomic mass is 10.1. The Morgan fingerprint density at radius 3 is 2.65 bits per heavy atom. The smallest absolute Gasteiger partial charge is 0.229 e. The van der Waals surface area contributed by atoms with Gasteiger partial charge >= 0.3 is 0 Å². The fourth-order valence-corrected chi connectivity index (χ4v) is 2.80. The molecule has 0 spiro atoms. The molecule has 0 fully saturated rings. The van der Waals surface area contributed by atoms with Crippen LogP contribution in [0.3, 0.4) is 0 Å². The van der Waals surface area contributed by atoms with Crippen molar-refractivity contribution in [2.24, 2.45) is 7.05 Å². The Morgan fingerprint density at radius 2 is 1.88 bits per heavy atom. The molecule has 0 atom stereocenters. The molecule has 1 aromatic carbocycles. The van der Waals surface area contributed by atoms with E-state index in [0.717, 1.165) is 27.6 Å². The van der Waals surface area contributed by atoms with Gasteiger partial charge in [0.05, 0.1) is 24.3 Å². The van der Waals surface area contributed by atoms with Crippen molar-refractivity contribution in [3.8, 4) is 11.1 Å². The zero-order valence-corrected chi connectivity index (χ0v) is 14.3. The number of nitrogens with zero attached hydrogens (tertiary/aromatic N) is 4. The summed E-state index contributed by atoms with van der Waals surface area (Å²) in [4.78, 5) is 21.0. The summed E-state index contributed by atoms with van der Waals surface area (Å²) in [6.45, 7) is 0. The first-order valence-electron chi connectivity index (χ1n) is 8.26. The Kier molecular flexibility index (Phi) is 4.15. The van der Waals surface area contributed by atoms with Crippen LogP contribution in [0.5, 0.6) is 0 Å². The molecule has 1 amide bonds. The number of hydrogen-bond donors (Lipinski definition) is 1. The maximum atomic E-state index is 12.2. The molecule has 4 rings (SSSR count). The van der Waals surface area contributed by atoms with Crippen molar-refractivity contribution in [1.29, 1.82) is 0 Å². The normalized spacial score (nSPS) is 10.8. The SMILES string of the molecule is Cn1cc(-c2cnc3cnc(NC(=O)Cc4ccccc4)cc3c2)cn1. The van der Waals surface area contributed by atoms with Crippen molar-refractivity contribution in [1.82, 2.24) is 19.7 Å². The molecule has 0 aliphatic heterocycles. The number of carbonyl (C=O) groups excluding carboxylic acids is 1. The number of carbonyl (C=O) groups is 1. The summed E-state index contributed by atoms with van der Waals surface area (Å²) in [6.07, 6.45) is 7.52. The number of fused-ring (bicyclic) bond motifs is 1. The van der Waals surface area contributed by atoms with E-state index >= 15 is 0 Å². The van der Waals surface area contributed by atoms with E-state index in [9.17, 15) is 4.79 Å². The summed E-state index contributed by atoms with van der Waals surface area (Å²) in [5, 5.41) is 7.95. The zero-order chi connectivity index (χ0) is 17.9. The van der Waals surface area contributed by atoms with Crippen LogP contribution in [0.15, 0.2) is 67.3 Å². The minimum absolute atomic E-state index is 0.0978. The van der Waals surface area contributed by atoms with Crippen molar-refractivity contribution >= 4 is 22.6 Å². The minimum atomic E-state index is -0.0978. The van der Waals surface area contributed by atoms with Crippen LogP contribution >= 0.6 is 0 Å². The van der Waals surface area contributed by atoms with Gasteiger partial charge in [0.1, 0.15) is 5.82 Å². The average molecular weight is 343 g/mol. The summed E-state index contributed by atoms with van der Waals surface area (Å²) in [7, 11) is 1.88. The van der Waals surface area contributed by atoms with Gasteiger partial charge in [-0.2, -0.15) is 5.10 Å². The van der Waals surface area contributed by atoms with E-state index in [4.69, 9.17) is 0 Å². The number of benzene rings is 1. The number of amides is 1. The summed E-state index contributed by atoms with van der Waals surface area (Å²) in [5.41, 5.74) is 3.71. The molecule has 3 aromatic heterocycles.